The molecule has 0 bridgehead atoms. The summed E-state index contributed by atoms with van der Waals surface area (Å²) in [6, 6.07) is 12.4. The van der Waals surface area contributed by atoms with E-state index < -0.39 is 23.8 Å². The Balaban J connectivity index is 1.67. The van der Waals surface area contributed by atoms with Crippen LogP contribution >= 0.6 is 11.6 Å². The van der Waals surface area contributed by atoms with E-state index in [0.29, 0.717) is 11.3 Å². The summed E-state index contributed by atoms with van der Waals surface area (Å²) in [5.41, 5.74) is 0.266. The number of carboxylic acids is 1. The van der Waals surface area contributed by atoms with E-state index in [4.69, 9.17) is 20.8 Å². The number of anilines is 1. The second-order valence-electron chi connectivity index (χ2n) is 6.86. The Labute approximate surface area is 191 Å². The standard InChI is InChI=1S/C23H15ClN2O7/c1-32-14-5-3-13(4-6-14)26-21(28)17(20(27)25-23(26)31)11-15-7-9-19(33-15)16-10-12(22(29)30)2-8-18(16)24/h2-11H,1H3,(H,29,30)(H,25,27,31). The second kappa shape index (κ2) is 8.64. The molecule has 1 saturated heterocycles. The Kier molecular flexibility index (Phi) is 5.72. The average molecular weight is 467 g/mol. The number of ether oxygens (including phenoxy) is 1. The number of carbonyl (C=O) groups is 4. The van der Waals surface area contributed by atoms with Gasteiger partial charge in [0.05, 0.1) is 23.4 Å². The third-order valence-corrected chi connectivity index (χ3v) is 5.15. The lowest BCUT2D eigenvalue weighted by atomic mass is 10.1. The number of rotatable bonds is 5. The summed E-state index contributed by atoms with van der Waals surface area (Å²) in [6.45, 7) is 0. The summed E-state index contributed by atoms with van der Waals surface area (Å²) in [5.74, 6) is -1.94. The third kappa shape index (κ3) is 4.21. The Morgan fingerprint density at radius 3 is 2.48 bits per heavy atom. The van der Waals surface area contributed by atoms with Crippen molar-refractivity contribution in [3.63, 3.8) is 0 Å². The predicted octanol–water partition coefficient (Wildman–Crippen LogP) is 3.97. The number of imide groups is 2. The molecule has 2 aromatic carbocycles. The van der Waals surface area contributed by atoms with E-state index in [1.807, 2.05) is 0 Å². The zero-order valence-electron chi connectivity index (χ0n) is 17.0. The highest BCUT2D eigenvalue weighted by molar-refractivity contribution is 6.39. The van der Waals surface area contributed by atoms with E-state index in [1.165, 1.54) is 55.7 Å². The van der Waals surface area contributed by atoms with Crippen molar-refractivity contribution < 1.29 is 33.4 Å². The number of benzene rings is 2. The average Bonchev–Trinajstić information content (AvgIpc) is 3.25. The molecule has 1 aliphatic rings. The zero-order chi connectivity index (χ0) is 23.7. The fourth-order valence-corrected chi connectivity index (χ4v) is 3.40. The largest absolute Gasteiger partial charge is 0.497 e. The minimum absolute atomic E-state index is 0.0150. The number of nitrogens with zero attached hydrogens (tertiary/aromatic N) is 1. The number of nitrogens with one attached hydrogen (secondary N) is 1. The Hall–Kier alpha value is -4.37. The van der Waals surface area contributed by atoms with E-state index in [2.05, 4.69) is 5.32 Å². The monoisotopic (exact) mass is 466 g/mol. The number of carboxylic acid groups (broad SMARTS) is 1. The van der Waals surface area contributed by atoms with Crippen LogP contribution in [0.25, 0.3) is 17.4 Å². The lowest BCUT2D eigenvalue weighted by Gasteiger charge is -2.26. The molecular weight excluding hydrogens is 452 g/mol. The summed E-state index contributed by atoms with van der Waals surface area (Å²) < 4.78 is 10.7. The van der Waals surface area contributed by atoms with Crippen LogP contribution in [0, 0.1) is 0 Å². The van der Waals surface area contributed by atoms with E-state index >= 15 is 0 Å². The molecule has 1 fully saturated rings. The molecule has 33 heavy (non-hydrogen) atoms. The summed E-state index contributed by atoms with van der Waals surface area (Å²) in [4.78, 5) is 49.7. The SMILES string of the molecule is COc1ccc(N2C(=O)NC(=O)C(=Cc3ccc(-c4cc(C(=O)O)ccc4Cl)o3)C2=O)cc1. The molecule has 0 aliphatic carbocycles. The van der Waals surface area contributed by atoms with Crippen LogP contribution < -0.4 is 15.0 Å². The molecule has 0 atom stereocenters. The Morgan fingerprint density at radius 2 is 1.82 bits per heavy atom. The van der Waals surface area contributed by atoms with Crippen molar-refractivity contribution >= 4 is 47.2 Å². The number of hydrogen-bond acceptors (Lipinski definition) is 6. The maximum atomic E-state index is 13.0. The van der Waals surface area contributed by atoms with Crippen molar-refractivity contribution in [2.45, 2.75) is 0 Å². The molecule has 1 aliphatic heterocycles. The molecule has 0 spiro atoms. The van der Waals surface area contributed by atoms with Gasteiger partial charge in [0.15, 0.2) is 0 Å². The zero-order valence-corrected chi connectivity index (χ0v) is 17.8. The van der Waals surface area contributed by atoms with E-state index in [9.17, 15) is 24.3 Å². The maximum Gasteiger partial charge on any atom is 0.335 e. The molecule has 4 amide bonds. The second-order valence-corrected chi connectivity index (χ2v) is 7.26. The highest BCUT2D eigenvalue weighted by Crippen LogP contribution is 2.31. The molecular formula is C23H15ClN2O7. The van der Waals surface area contributed by atoms with Crippen LogP contribution in [0.15, 0.2) is 64.6 Å². The predicted molar refractivity (Wildman–Crippen MR) is 118 cm³/mol. The molecule has 3 aromatic rings. The maximum absolute atomic E-state index is 13.0. The van der Waals surface area contributed by atoms with Gasteiger partial charge in [0.2, 0.25) is 0 Å². The molecule has 1 aromatic heterocycles. The number of furan rings is 1. The molecule has 2 N–H and O–H groups in total. The number of urea groups is 1. The van der Waals surface area contributed by atoms with Crippen LogP contribution in [0.3, 0.4) is 0 Å². The van der Waals surface area contributed by atoms with Crippen LogP contribution in [0.2, 0.25) is 5.02 Å². The fraction of sp³-hybridized carbons (Fsp3) is 0.0435. The van der Waals surface area contributed by atoms with Crippen molar-refractivity contribution in [3.05, 3.63) is 76.5 Å². The summed E-state index contributed by atoms with van der Waals surface area (Å²) in [7, 11) is 1.48. The number of methoxy groups -OCH3 is 1. The first-order valence-electron chi connectivity index (χ1n) is 9.47. The van der Waals surface area contributed by atoms with Gasteiger partial charge in [-0.2, -0.15) is 0 Å². The number of aromatic carboxylic acids is 1. The minimum Gasteiger partial charge on any atom is -0.497 e. The van der Waals surface area contributed by atoms with Gasteiger partial charge in [-0.05, 0) is 60.7 Å². The van der Waals surface area contributed by atoms with E-state index in [-0.39, 0.29) is 33.4 Å². The van der Waals surface area contributed by atoms with Gasteiger partial charge in [0.1, 0.15) is 22.8 Å². The first-order valence-corrected chi connectivity index (χ1v) is 9.85. The number of hydrogen-bond donors (Lipinski definition) is 2. The van der Waals surface area contributed by atoms with Crippen LogP contribution in [0.1, 0.15) is 16.1 Å². The quantitative estimate of drug-likeness (QED) is 0.430. The van der Waals surface area contributed by atoms with Gasteiger partial charge in [-0.15, -0.1) is 0 Å². The van der Waals surface area contributed by atoms with Gasteiger partial charge >= 0.3 is 12.0 Å². The lowest BCUT2D eigenvalue weighted by molar-refractivity contribution is -0.122. The smallest absolute Gasteiger partial charge is 0.335 e. The normalized spacial score (nSPS) is 15.0. The van der Waals surface area contributed by atoms with Gasteiger partial charge in [-0.3, -0.25) is 14.9 Å². The molecule has 0 radical (unpaired) electrons. The van der Waals surface area contributed by atoms with Gasteiger partial charge in [0, 0.05) is 5.56 Å². The summed E-state index contributed by atoms with van der Waals surface area (Å²) >= 11 is 6.17. The molecule has 10 heteroatoms. The third-order valence-electron chi connectivity index (χ3n) is 4.82. The van der Waals surface area contributed by atoms with Gasteiger partial charge in [0.25, 0.3) is 11.8 Å². The van der Waals surface area contributed by atoms with Crippen molar-refractivity contribution in [2.75, 3.05) is 12.0 Å². The molecule has 0 unspecified atom stereocenters. The number of amides is 4. The topological polar surface area (TPSA) is 126 Å². The van der Waals surface area contributed by atoms with Crippen molar-refractivity contribution in [1.82, 2.24) is 5.32 Å². The van der Waals surface area contributed by atoms with Crippen LogP contribution in [-0.4, -0.2) is 36.0 Å². The first kappa shape index (κ1) is 21.8. The highest BCUT2D eigenvalue weighted by Gasteiger charge is 2.37. The van der Waals surface area contributed by atoms with Crippen molar-refractivity contribution in [3.8, 4) is 17.1 Å². The van der Waals surface area contributed by atoms with E-state index in [0.717, 1.165) is 4.90 Å². The number of carbonyl (C=O) groups excluding carboxylic acids is 3. The fourth-order valence-electron chi connectivity index (χ4n) is 3.19. The van der Waals surface area contributed by atoms with E-state index in [1.54, 1.807) is 12.1 Å². The lowest BCUT2D eigenvalue weighted by Crippen LogP contribution is -2.54. The molecule has 166 valence electrons. The van der Waals surface area contributed by atoms with Crippen LogP contribution in [0.4, 0.5) is 10.5 Å². The number of barbiturate groups is 1. The Morgan fingerprint density at radius 1 is 1.09 bits per heavy atom. The number of halogens is 1. The molecule has 9 nitrogen and oxygen atoms in total. The first-order chi connectivity index (χ1) is 15.8. The van der Waals surface area contributed by atoms with Gasteiger partial charge in [-0.1, -0.05) is 11.6 Å². The molecule has 0 saturated carbocycles. The molecule has 2 heterocycles. The Bertz CT molecular complexity index is 1320. The van der Waals surface area contributed by atoms with Gasteiger partial charge in [-0.25, -0.2) is 14.5 Å². The molecule has 4 rings (SSSR count). The van der Waals surface area contributed by atoms with Gasteiger partial charge < -0.3 is 14.3 Å². The highest BCUT2D eigenvalue weighted by atomic mass is 35.5. The summed E-state index contributed by atoms with van der Waals surface area (Å²) in [6.07, 6.45) is 1.19. The summed E-state index contributed by atoms with van der Waals surface area (Å²) in [5, 5.41) is 11.6. The van der Waals surface area contributed by atoms with Crippen molar-refractivity contribution in [2.24, 2.45) is 0 Å². The van der Waals surface area contributed by atoms with Crippen molar-refractivity contribution in [1.29, 1.82) is 0 Å². The minimum atomic E-state index is -1.13. The van der Waals surface area contributed by atoms with Crippen LogP contribution in [0.5, 0.6) is 5.75 Å². The van der Waals surface area contributed by atoms with Crippen LogP contribution in [-0.2, 0) is 9.59 Å².